The van der Waals surface area contributed by atoms with E-state index in [-0.39, 0.29) is 0 Å². The second-order valence-electron chi connectivity index (χ2n) is 4.78. The molecule has 0 saturated heterocycles. The molecule has 0 atom stereocenters. The predicted molar refractivity (Wildman–Crippen MR) is 78.4 cm³/mol. The molecule has 0 fully saturated rings. The summed E-state index contributed by atoms with van der Waals surface area (Å²) in [6, 6.07) is 8.30. The van der Waals surface area contributed by atoms with E-state index < -0.39 is 11.6 Å². The van der Waals surface area contributed by atoms with Gasteiger partial charge in [-0.1, -0.05) is 6.07 Å². The van der Waals surface area contributed by atoms with E-state index in [1.54, 1.807) is 27.7 Å². The van der Waals surface area contributed by atoms with Crippen LogP contribution in [-0.2, 0) is 6.54 Å². The van der Waals surface area contributed by atoms with E-state index in [1.165, 1.54) is 6.07 Å². The number of imidazole rings is 1. The highest BCUT2D eigenvalue weighted by Crippen LogP contribution is 2.22. The van der Waals surface area contributed by atoms with E-state index in [2.05, 4.69) is 16.0 Å². The number of benzene rings is 2. The average molecular weight is 301 g/mol. The maximum absolute atomic E-state index is 13.4. The van der Waals surface area contributed by atoms with Crippen molar-refractivity contribution >= 4 is 32.6 Å². The van der Waals surface area contributed by atoms with Crippen molar-refractivity contribution in [1.82, 2.24) is 14.5 Å². The van der Waals surface area contributed by atoms with E-state index in [0.717, 1.165) is 21.8 Å². The van der Waals surface area contributed by atoms with Crippen molar-refractivity contribution in [3.8, 4) is 0 Å². The van der Waals surface area contributed by atoms with Crippen LogP contribution >= 0.6 is 11.3 Å². The van der Waals surface area contributed by atoms with Gasteiger partial charge in [0.2, 0.25) is 0 Å². The summed E-state index contributed by atoms with van der Waals surface area (Å²) >= 11 is 1.58. The smallest absolute Gasteiger partial charge is 0.161 e. The molecule has 3 nitrogen and oxygen atoms in total. The SMILES string of the molecule is Fc1cc2ncn(Cc3ccc4ncsc4c3)c2cc1F. The molecule has 0 saturated carbocycles. The van der Waals surface area contributed by atoms with Gasteiger partial charge in [-0.2, -0.15) is 0 Å². The molecular weight excluding hydrogens is 292 g/mol. The van der Waals surface area contributed by atoms with Crippen LogP contribution in [0.1, 0.15) is 5.56 Å². The van der Waals surface area contributed by atoms with Crippen molar-refractivity contribution in [3.05, 3.63) is 59.4 Å². The Labute approximate surface area is 122 Å². The average Bonchev–Trinajstić information content (AvgIpc) is 3.07. The Kier molecular flexibility index (Phi) is 2.71. The fourth-order valence-corrected chi connectivity index (χ4v) is 3.11. The first kappa shape index (κ1) is 12.4. The molecule has 0 unspecified atom stereocenters. The Balaban J connectivity index is 1.77. The number of hydrogen-bond donors (Lipinski definition) is 0. The molecule has 4 rings (SSSR count). The molecule has 2 aromatic heterocycles. The number of nitrogens with zero attached hydrogens (tertiary/aromatic N) is 3. The van der Waals surface area contributed by atoms with E-state index in [9.17, 15) is 8.78 Å². The first-order valence-electron chi connectivity index (χ1n) is 6.33. The maximum Gasteiger partial charge on any atom is 0.161 e. The van der Waals surface area contributed by atoms with Crippen molar-refractivity contribution in [1.29, 1.82) is 0 Å². The molecular formula is C15H9F2N3S. The summed E-state index contributed by atoms with van der Waals surface area (Å²) in [6.07, 6.45) is 1.60. The maximum atomic E-state index is 13.4. The van der Waals surface area contributed by atoms with Gasteiger partial charge in [-0.15, -0.1) is 11.3 Å². The van der Waals surface area contributed by atoms with Gasteiger partial charge in [0.1, 0.15) is 0 Å². The molecule has 0 spiro atoms. The van der Waals surface area contributed by atoms with Crippen LogP contribution in [0.4, 0.5) is 8.78 Å². The van der Waals surface area contributed by atoms with Crippen LogP contribution in [0.5, 0.6) is 0 Å². The Morgan fingerprint density at radius 1 is 1.00 bits per heavy atom. The summed E-state index contributed by atoms with van der Waals surface area (Å²) in [5, 5.41) is 0. The molecule has 0 amide bonds. The summed E-state index contributed by atoms with van der Waals surface area (Å²) in [6.45, 7) is 0.551. The Morgan fingerprint density at radius 2 is 1.86 bits per heavy atom. The van der Waals surface area contributed by atoms with Crippen molar-refractivity contribution in [2.75, 3.05) is 0 Å². The number of aromatic nitrogens is 3. The summed E-state index contributed by atoms with van der Waals surface area (Å²) in [4.78, 5) is 8.35. The van der Waals surface area contributed by atoms with Crippen LogP contribution in [0.15, 0.2) is 42.2 Å². The second kappa shape index (κ2) is 4.60. The number of hydrogen-bond acceptors (Lipinski definition) is 3. The zero-order valence-corrected chi connectivity index (χ0v) is 11.6. The van der Waals surface area contributed by atoms with Crippen molar-refractivity contribution in [2.24, 2.45) is 0 Å². The van der Waals surface area contributed by atoms with Crippen LogP contribution in [-0.4, -0.2) is 14.5 Å². The number of rotatable bonds is 2. The standard InChI is InChI=1S/C15H9F2N3S/c16-10-4-13-14(5-11(10)17)20(7-18-13)6-9-1-2-12-15(3-9)21-8-19-12/h1-5,7-8H,6H2. The molecule has 0 radical (unpaired) electrons. The molecule has 21 heavy (non-hydrogen) atoms. The molecule has 4 aromatic rings. The minimum absolute atomic E-state index is 0.452. The minimum Gasteiger partial charge on any atom is -0.326 e. The molecule has 2 heterocycles. The highest BCUT2D eigenvalue weighted by atomic mass is 32.1. The molecule has 104 valence electrons. The summed E-state index contributed by atoms with van der Waals surface area (Å²) in [5.74, 6) is -1.74. The molecule has 0 N–H and O–H groups in total. The fraction of sp³-hybridized carbons (Fsp3) is 0.0667. The predicted octanol–water partition coefficient (Wildman–Crippen LogP) is 3.97. The van der Waals surface area contributed by atoms with E-state index in [0.29, 0.717) is 17.6 Å². The lowest BCUT2D eigenvalue weighted by atomic mass is 10.2. The van der Waals surface area contributed by atoms with E-state index in [1.807, 2.05) is 12.1 Å². The third-order valence-corrected chi connectivity index (χ3v) is 4.20. The molecule has 0 bridgehead atoms. The van der Waals surface area contributed by atoms with Crippen LogP contribution in [0.3, 0.4) is 0 Å². The van der Waals surface area contributed by atoms with Crippen LogP contribution in [0.2, 0.25) is 0 Å². The number of fused-ring (bicyclic) bond motifs is 2. The van der Waals surface area contributed by atoms with Crippen molar-refractivity contribution < 1.29 is 8.78 Å². The molecule has 0 aliphatic carbocycles. The number of thiazole rings is 1. The van der Waals surface area contributed by atoms with Gasteiger partial charge < -0.3 is 4.57 Å². The Morgan fingerprint density at radius 3 is 2.76 bits per heavy atom. The zero-order chi connectivity index (χ0) is 14.4. The van der Waals surface area contributed by atoms with Gasteiger partial charge in [0.25, 0.3) is 0 Å². The highest BCUT2D eigenvalue weighted by Gasteiger charge is 2.09. The van der Waals surface area contributed by atoms with Crippen LogP contribution in [0, 0.1) is 11.6 Å². The zero-order valence-electron chi connectivity index (χ0n) is 10.8. The first-order chi connectivity index (χ1) is 10.2. The van der Waals surface area contributed by atoms with E-state index in [4.69, 9.17) is 0 Å². The fourth-order valence-electron chi connectivity index (χ4n) is 2.37. The summed E-state index contributed by atoms with van der Waals surface area (Å²) in [5.41, 5.74) is 4.87. The Bertz CT molecular complexity index is 958. The third-order valence-electron chi connectivity index (χ3n) is 3.41. The molecule has 6 heteroatoms. The van der Waals surface area contributed by atoms with Gasteiger partial charge in [0.05, 0.1) is 33.1 Å². The van der Waals surface area contributed by atoms with Crippen molar-refractivity contribution in [2.45, 2.75) is 6.54 Å². The lowest BCUT2D eigenvalue weighted by Crippen LogP contribution is -1.98. The quantitative estimate of drug-likeness (QED) is 0.561. The Hall–Kier alpha value is -2.34. The lowest BCUT2D eigenvalue weighted by molar-refractivity contribution is 0.510. The monoisotopic (exact) mass is 301 g/mol. The van der Waals surface area contributed by atoms with Gasteiger partial charge in [-0.3, -0.25) is 0 Å². The molecule has 0 aliphatic heterocycles. The topological polar surface area (TPSA) is 30.7 Å². The van der Waals surface area contributed by atoms with Crippen LogP contribution in [0.25, 0.3) is 21.3 Å². The van der Waals surface area contributed by atoms with Gasteiger partial charge in [0, 0.05) is 18.7 Å². The highest BCUT2D eigenvalue weighted by molar-refractivity contribution is 7.16. The molecule has 2 aromatic carbocycles. The number of halogens is 2. The van der Waals surface area contributed by atoms with E-state index >= 15 is 0 Å². The normalized spacial score (nSPS) is 11.5. The second-order valence-corrected chi connectivity index (χ2v) is 5.67. The van der Waals surface area contributed by atoms with Gasteiger partial charge in [-0.05, 0) is 17.7 Å². The van der Waals surface area contributed by atoms with Crippen LogP contribution < -0.4 is 0 Å². The largest absolute Gasteiger partial charge is 0.326 e. The molecule has 0 aliphatic rings. The van der Waals surface area contributed by atoms with Crippen molar-refractivity contribution in [3.63, 3.8) is 0 Å². The third kappa shape index (κ3) is 2.08. The first-order valence-corrected chi connectivity index (χ1v) is 7.21. The van der Waals surface area contributed by atoms with Gasteiger partial charge in [0.15, 0.2) is 11.6 Å². The summed E-state index contributed by atoms with van der Waals surface area (Å²) in [7, 11) is 0. The lowest BCUT2D eigenvalue weighted by Gasteiger charge is -2.05. The minimum atomic E-state index is -0.876. The summed E-state index contributed by atoms with van der Waals surface area (Å²) < 4.78 is 29.5. The van der Waals surface area contributed by atoms with Gasteiger partial charge >= 0.3 is 0 Å². The van der Waals surface area contributed by atoms with Gasteiger partial charge in [-0.25, -0.2) is 18.7 Å².